The van der Waals surface area contributed by atoms with Crippen molar-refractivity contribution in [3.63, 3.8) is 0 Å². The first-order chi connectivity index (χ1) is 14.3. The maximum Gasteiger partial charge on any atom is 0.420 e. The van der Waals surface area contributed by atoms with E-state index in [9.17, 15) is 14.4 Å². The number of methoxy groups -OCH3 is 1. The number of aromatic nitrogens is 2. The van der Waals surface area contributed by atoms with Gasteiger partial charge in [-0.3, -0.25) is 9.69 Å². The number of hydrogen-bond donors (Lipinski definition) is 0. The summed E-state index contributed by atoms with van der Waals surface area (Å²) in [6.45, 7) is -3.10. The minimum atomic E-state index is -3.17. The maximum absolute atomic E-state index is 12.3. The van der Waals surface area contributed by atoms with Gasteiger partial charge in [-0.1, -0.05) is 0 Å². The van der Waals surface area contributed by atoms with E-state index in [1.165, 1.54) is 0 Å². The fourth-order valence-corrected chi connectivity index (χ4v) is 2.45. The first kappa shape index (κ1) is 13.2. The van der Waals surface area contributed by atoms with Gasteiger partial charge in [0, 0.05) is 32.6 Å². The largest absolute Gasteiger partial charge is 0.468 e. The van der Waals surface area contributed by atoms with Crippen LogP contribution in [0.2, 0.25) is 0 Å². The molecule has 1 rings (SSSR count). The lowest BCUT2D eigenvalue weighted by molar-refractivity contribution is -0.145. The number of rotatable bonds is 7. The highest BCUT2D eigenvalue weighted by molar-refractivity contribution is 8.13. The number of thioether (sulfide) groups is 1. The van der Waals surface area contributed by atoms with Crippen LogP contribution in [0.25, 0.3) is 0 Å². The van der Waals surface area contributed by atoms with Crippen LogP contribution in [0, 0.1) is 0 Å². The third kappa shape index (κ3) is 6.05. The number of esters is 1. The van der Waals surface area contributed by atoms with Crippen molar-refractivity contribution in [2.45, 2.75) is 31.5 Å². The maximum atomic E-state index is 12.3. The van der Waals surface area contributed by atoms with E-state index >= 15 is 0 Å². The topological polar surface area (TPSA) is 100.0 Å². The normalized spacial score (nSPS) is 16.5. The van der Waals surface area contributed by atoms with Gasteiger partial charge in [-0.25, -0.2) is 19.1 Å². The number of nitrogens with zero attached hydrogens (tertiary/aromatic N) is 3. The van der Waals surface area contributed by atoms with Gasteiger partial charge in [0.2, 0.25) is 0 Å². The SMILES string of the molecule is [2H]C([2H])([2H])N([C@H](Cc1cn(C(=O)OCC)c(SC(=O)OCC)n1)C(=O)OC)C([2H])([2H])[2H]. The molecule has 0 fully saturated rings. The van der Waals surface area contributed by atoms with E-state index < -0.39 is 43.8 Å². The van der Waals surface area contributed by atoms with Gasteiger partial charge in [0.1, 0.15) is 6.04 Å². The van der Waals surface area contributed by atoms with E-state index in [1.807, 2.05) is 0 Å². The fraction of sp³-hybridized carbons (Fsp3) is 0.600. The van der Waals surface area contributed by atoms with Crippen molar-refractivity contribution in [2.24, 2.45) is 0 Å². The highest BCUT2D eigenvalue weighted by Gasteiger charge is 2.26. The van der Waals surface area contributed by atoms with E-state index in [1.54, 1.807) is 13.8 Å². The second-order valence-electron chi connectivity index (χ2n) is 4.48. The minimum absolute atomic E-state index is 0.0204. The molecule has 0 aliphatic rings. The Bertz CT molecular complexity index is 783. The highest BCUT2D eigenvalue weighted by Crippen LogP contribution is 2.21. The molecule has 0 radical (unpaired) electrons. The standard InChI is InChI=1S/C15H23N3O6S/c1-6-23-14(20)18-9-10(8-11(17(3)4)12(19)22-5)16-13(18)25-15(21)24-7-2/h9,11H,6-8H2,1-5H3/t11-/m1/s1/i3D3,4D3. The fourth-order valence-electron chi connectivity index (χ4n) is 1.74. The Labute approximate surface area is 159 Å². The molecule has 10 heteroatoms. The van der Waals surface area contributed by atoms with Crippen molar-refractivity contribution in [1.29, 1.82) is 0 Å². The number of imidazole rings is 1. The summed E-state index contributed by atoms with van der Waals surface area (Å²) in [6, 6.07) is -1.78. The third-order valence-corrected chi connectivity index (χ3v) is 3.57. The molecule has 0 aromatic carbocycles. The second kappa shape index (κ2) is 10.0. The summed E-state index contributed by atoms with van der Waals surface area (Å²) in [4.78, 5) is 40.4. The van der Waals surface area contributed by atoms with Crippen LogP contribution in [0.4, 0.5) is 9.59 Å². The van der Waals surface area contributed by atoms with Crippen molar-refractivity contribution in [3.8, 4) is 0 Å². The van der Waals surface area contributed by atoms with Crippen LogP contribution >= 0.6 is 11.8 Å². The number of likely N-dealkylation sites (N-methyl/N-ethyl adjacent to an activating group) is 1. The number of carbonyl (C=O) groups excluding carboxylic acids is 3. The van der Waals surface area contributed by atoms with E-state index in [2.05, 4.69) is 9.72 Å². The summed E-state index contributed by atoms with van der Waals surface area (Å²) in [5, 5.41) is -0.925. The molecule has 0 spiro atoms. The molecule has 0 aliphatic carbocycles. The van der Waals surface area contributed by atoms with Crippen molar-refractivity contribution in [2.75, 3.05) is 34.3 Å². The molecule has 0 saturated carbocycles. The van der Waals surface area contributed by atoms with Gasteiger partial charge in [-0.15, -0.1) is 0 Å². The second-order valence-corrected chi connectivity index (χ2v) is 5.38. The summed E-state index contributed by atoms with van der Waals surface area (Å²) < 4.78 is 60.4. The Morgan fingerprint density at radius 1 is 1.32 bits per heavy atom. The first-order valence-electron chi connectivity index (χ1n) is 10.2. The van der Waals surface area contributed by atoms with Crippen LogP contribution in [-0.4, -0.2) is 72.1 Å². The van der Waals surface area contributed by atoms with Crippen molar-refractivity contribution in [3.05, 3.63) is 11.9 Å². The van der Waals surface area contributed by atoms with Gasteiger partial charge < -0.3 is 14.2 Å². The zero-order valence-corrected chi connectivity index (χ0v) is 14.8. The summed E-state index contributed by atoms with van der Waals surface area (Å²) in [5.41, 5.74) is -0.0475. The van der Waals surface area contributed by atoms with Crippen LogP contribution in [-0.2, 0) is 25.4 Å². The van der Waals surface area contributed by atoms with Crippen molar-refractivity contribution in [1.82, 2.24) is 14.5 Å². The number of ether oxygens (including phenoxy) is 3. The average Bonchev–Trinajstić information content (AvgIpc) is 3.00. The Morgan fingerprint density at radius 3 is 2.56 bits per heavy atom. The van der Waals surface area contributed by atoms with Crippen LogP contribution in [0.15, 0.2) is 11.4 Å². The molecule has 0 saturated heterocycles. The lowest BCUT2D eigenvalue weighted by Gasteiger charge is -2.20. The predicted molar refractivity (Wildman–Crippen MR) is 90.7 cm³/mol. The van der Waals surface area contributed by atoms with Crippen LogP contribution in [0.5, 0.6) is 0 Å². The number of carbonyl (C=O) groups is 3. The smallest absolute Gasteiger partial charge is 0.420 e. The zero-order chi connectivity index (χ0) is 24.0. The Balaban J connectivity index is 3.41. The molecule has 25 heavy (non-hydrogen) atoms. The van der Waals surface area contributed by atoms with Gasteiger partial charge in [0.05, 0.1) is 26.0 Å². The molecule has 1 aromatic heterocycles. The highest BCUT2D eigenvalue weighted by atomic mass is 32.2. The monoisotopic (exact) mass is 379 g/mol. The zero-order valence-electron chi connectivity index (χ0n) is 20.0. The molecule has 140 valence electrons. The van der Waals surface area contributed by atoms with Crippen LogP contribution < -0.4 is 0 Å². The van der Waals surface area contributed by atoms with Gasteiger partial charge in [-0.05, 0) is 27.8 Å². The first-order valence-corrected chi connectivity index (χ1v) is 8.05. The van der Waals surface area contributed by atoms with Crippen LogP contribution in [0.1, 0.15) is 27.8 Å². The predicted octanol–water partition coefficient (Wildman–Crippen LogP) is 1.78. The number of hydrogen-bond acceptors (Lipinski definition) is 9. The Kier molecular flexibility index (Phi) is 5.29. The van der Waals surface area contributed by atoms with Gasteiger partial charge >= 0.3 is 17.4 Å². The Hall–Kier alpha value is -2.07. The molecule has 1 aromatic rings. The molecule has 1 atom stereocenters. The van der Waals surface area contributed by atoms with Crippen molar-refractivity contribution >= 4 is 29.1 Å². The van der Waals surface area contributed by atoms with Crippen molar-refractivity contribution < 1.29 is 36.8 Å². The molecule has 0 bridgehead atoms. The summed E-state index contributed by atoms with van der Waals surface area (Å²) >= 11 is 0.468. The molecular weight excluding hydrogens is 350 g/mol. The molecule has 0 unspecified atom stereocenters. The lowest BCUT2D eigenvalue weighted by atomic mass is 10.1. The molecule has 0 aliphatic heterocycles. The van der Waals surface area contributed by atoms with E-state index in [0.717, 1.165) is 17.9 Å². The van der Waals surface area contributed by atoms with E-state index in [0.29, 0.717) is 11.8 Å². The van der Waals surface area contributed by atoms with E-state index in [4.69, 9.17) is 17.7 Å². The average molecular weight is 379 g/mol. The summed E-state index contributed by atoms with van der Waals surface area (Å²) in [7, 11) is 0.978. The quantitative estimate of drug-likeness (QED) is 0.398. The molecule has 0 amide bonds. The lowest BCUT2D eigenvalue weighted by Crippen LogP contribution is -2.38. The molecule has 9 nitrogen and oxygen atoms in total. The summed E-state index contributed by atoms with van der Waals surface area (Å²) in [6.07, 6.45) is -0.301. The van der Waals surface area contributed by atoms with Gasteiger partial charge in [0.15, 0.2) is 5.16 Å². The van der Waals surface area contributed by atoms with E-state index in [-0.39, 0.29) is 29.0 Å². The van der Waals surface area contributed by atoms with Gasteiger partial charge in [-0.2, -0.15) is 0 Å². The van der Waals surface area contributed by atoms with Crippen LogP contribution in [0.3, 0.4) is 0 Å². The van der Waals surface area contributed by atoms with Gasteiger partial charge in [0.25, 0.3) is 0 Å². The Morgan fingerprint density at radius 2 is 2.00 bits per heavy atom. The third-order valence-electron chi connectivity index (χ3n) is 2.81. The summed E-state index contributed by atoms with van der Waals surface area (Å²) in [5.74, 6) is -1.13. The molecule has 0 N–H and O–H groups in total. The molecular formula is C15H23N3O6S. The minimum Gasteiger partial charge on any atom is -0.468 e. The molecule has 1 heterocycles.